The van der Waals surface area contributed by atoms with Crippen LogP contribution in [0, 0.1) is 11.7 Å². The summed E-state index contributed by atoms with van der Waals surface area (Å²) in [6, 6.07) is 4.95. The van der Waals surface area contributed by atoms with Crippen molar-refractivity contribution in [1.82, 2.24) is 5.32 Å². The quantitative estimate of drug-likeness (QED) is 0.645. The lowest BCUT2D eigenvalue weighted by Gasteiger charge is -2.23. The fourth-order valence-corrected chi connectivity index (χ4v) is 2.43. The summed E-state index contributed by atoms with van der Waals surface area (Å²) in [4.78, 5) is 4.30. The fourth-order valence-electron chi connectivity index (χ4n) is 2.02. The van der Waals surface area contributed by atoms with Gasteiger partial charge in [0.1, 0.15) is 5.82 Å². The number of hydrogen-bond donors (Lipinski definition) is 2. The number of rotatable bonds is 5. The van der Waals surface area contributed by atoms with E-state index in [1.165, 1.54) is 25.3 Å². The SMILES string of the molecule is NC(=NCC1CCC1)NCCc1cc(Br)ccc1F. The molecule has 5 heteroatoms. The van der Waals surface area contributed by atoms with E-state index in [1.54, 1.807) is 12.1 Å². The number of nitrogens with one attached hydrogen (secondary N) is 1. The average molecular weight is 328 g/mol. The second kappa shape index (κ2) is 6.89. The molecule has 0 unspecified atom stereocenters. The molecule has 1 aromatic carbocycles. The van der Waals surface area contributed by atoms with Crippen molar-refractivity contribution in [3.8, 4) is 0 Å². The molecule has 0 radical (unpaired) electrons. The maximum atomic E-state index is 13.5. The first-order valence-electron chi connectivity index (χ1n) is 6.63. The van der Waals surface area contributed by atoms with Gasteiger partial charge in [-0.25, -0.2) is 4.39 Å². The maximum Gasteiger partial charge on any atom is 0.188 e. The molecule has 19 heavy (non-hydrogen) atoms. The van der Waals surface area contributed by atoms with E-state index >= 15 is 0 Å². The third kappa shape index (κ3) is 4.49. The fraction of sp³-hybridized carbons (Fsp3) is 0.500. The normalized spacial score (nSPS) is 16.2. The number of aliphatic imine (C=N–C) groups is 1. The summed E-state index contributed by atoms with van der Waals surface area (Å²) in [7, 11) is 0. The number of hydrogen-bond acceptors (Lipinski definition) is 1. The topological polar surface area (TPSA) is 50.4 Å². The molecule has 0 aromatic heterocycles. The van der Waals surface area contributed by atoms with E-state index in [0.717, 1.165) is 11.0 Å². The zero-order valence-electron chi connectivity index (χ0n) is 10.8. The summed E-state index contributed by atoms with van der Waals surface area (Å²) in [5, 5.41) is 3.03. The highest BCUT2D eigenvalue weighted by Crippen LogP contribution is 2.26. The first kappa shape index (κ1) is 14.3. The van der Waals surface area contributed by atoms with Crippen LogP contribution in [0.3, 0.4) is 0 Å². The van der Waals surface area contributed by atoms with Crippen molar-refractivity contribution >= 4 is 21.9 Å². The lowest BCUT2D eigenvalue weighted by Crippen LogP contribution is -2.34. The summed E-state index contributed by atoms with van der Waals surface area (Å²) < 4.78 is 14.4. The molecule has 0 heterocycles. The van der Waals surface area contributed by atoms with Gasteiger partial charge < -0.3 is 11.1 Å². The average Bonchev–Trinajstić information content (AvgIpc) is 2.31. The Hall–Kier alpha value is -1.10. The summed E-state index contributed by atoms with van der Waals surface area (Å²) in [6.45, 7) is 1.40. The van der Waals surface area contributed by atoms with Crippen molar-refractivity contribution in [2.24, 2.45) is 16.6 Å². The van der Waals surface area contributed by atoms with Crippen LogP contribution in [0.2, 0.25) is 0 Å². The summed E-state index contributed by atoms with van der Waals surface area (Å²) in [6.07, 6.45) is 4.43. The Balaban J connectivity index is 1.74. The molecule has 1 aliphatic rings. The van der Waals surface area contributed by atoms with Crippen molar-refractivity contribution in [2.45, 2.75) is 25.7 Å². The molecule has 1 saturated carbocycles. The molecule has 1 fully saturated rings. The Morgan fingerprint density at radius 1 is 1.47 bits per heavy atom. The van der Waals surface area contributed by atoms with E-state index in [2.05, 4.69) is 26.2 Å². The molecule has 104 valence electrons. The zero-order chi connectivity index (χ0) is 13.7. The molecule has 1 aromatic rings. The Morgan fingerprint density at radius 2 is 2.26 bits per heavy atom. The number of halogens is 2. The number of nitrogens with two attached hydrogens (primary N) is 1. The standard InChI is InChI=1S/C14H19BrFN3/c15-12-4-5-13(16)11(8-12)6-7-18-14(17)19-9-10-2-1-3-10/h4-5,8,10H,1-3,6-7,9H2,(H3,17,18,19). The van der Waals surface area contributed by atoms with Gasteiger partial charge in [-0.05, 0) is 48.9 Å². The lowest BCUT2D eigenvalue weighted by atomic mass is 9.86. The van der Waals surface area contributed by atoms with Crippen molar-refractivity contribution in [1.29, 1.82) is 0 Å². The summed E-state index contributed by atoms with van der Waals surface area (Å²) in [5.41, 5.74) is 6.44. The minimum Gasteiger partial charge on any atom is -0.370 e. The Labute approximate surface area is 121 Å². The smallest absolute Gasteiger partial charge is 0.188 e. The highest BCUT2D eigenvalue weighted by Gasteiger charge is 2.16. The minimum absolute atomic E-state index is 0.185. The molecule has 0 atom stereocenters. The van der Waals surface area contributed by atoms with Crippen LogP contribution in [0.25, 0.3) is 0 Å². The van der Waals surface area contributed by atoms with Gasteiger partial charge in [-0.1, -0.05) is 22.4 Å². The number of nitrogens with zero attached hydrogens (tertiary/aromatic N) is 1. The molecule has 3 N–H and O–H groups in total. The van der Waals surface area contributed by atoms with E-state index in [0.29, 0.717) is 30.4 Å². The van der Waals surface area contributed by atoms with E-state index < -0.39 is 0 Å². The maximum absolute atomic E-state index is 13.5. The van der Waals surface area contributed by atoms with Gasteiger partial charge in [0.25, 0.3) is 0 Å². The van der Waals surface area contributed by atoms with E-state index in [1.807, 2.05) is 0 Å². The van der Waals surface area contributed by atoms with Gasteiger partial charge in [0.2, 0.25) is 0 Å². The summed E-state index contributed by atoms with van der Waals surface area (Å²) >= 11 is 3.34. The molecule has 0 amide bonds. The second-order valence-electron chi connectivity index (χ2n) is 4.94. The van der Waals surface area contributed by atoms with Crippen LogP contribution in [0.15, 0.2) is 27.7 Å². The van der Waals surface area contributed by atoms with E-state index in [9.17, 15) is 4.39 Å². The Bertz CT molecular complexity index is 458. The third-order valence-corrected chi connectivity index (χ3v) is 3.95. The van der Waals surface area contributed by atoms with Crippen LogP contribution in [-0.2, 0) is 6.42 Å². The van der Waals surface area contributed by atoms with Gasteiger partial charge in [-0.2, -0.15) is 0 Å². The van der Waals surface area contributed by atoms with Crippen molar-refractivity contribution in [3.63, 3.8) is 0 Å². The molecule has 2 rings (SSSR count). The second-order valence-corrected chi connectivity index (χ2v) is 5.85. The highest BCUT2D eigenvalue weighted by molar-refractivity contribution is 9.10. The number of benzene rings is 1. The molecule has 1 aliphatic carbocycles. The Kier molecular flexibility index (Phi) is 5.19. The molecule has 0 spiro atoms. The molecule has 0 aliphatic heterocycles. The molecule has 0 saturated heterocycles. The van der Waals surface area contributed by atoms with Gasteiger partial charge in [0.05, 0.1) is 0 Å². The summed E-state index contributed by atoms with van der Waals surface area (Å²) in [5.74, 6) is 0.986. The number of guanidine groups is 1. The van der Waals surface area contributed by atoms with Crippen LogP contribution in [0.1, 0.15) is 24.8 Å². The first-order valence-corrected chi connectivity index (χ1v) is 7.42. The molecule has 0 bridgehead atoms. The molecule has 3 nitrogen and oxygen atoms in total. The predicted molar refractivity (Wildman–Crippen MR) is 79.6 cm³/mol. The minimum atomic E-state index is -0.185. The van der Waals surface area contributed by atoms with E-state index in [-0.39, 0.29) is 5.82 Å². The van der Waals surface area contributed by atoms with Gasteiger partial charge in [0.15, 0.2) is 5.96 Å². The molecular weight excluding hydrogens is 309 g/mol. The van der Waals surface area contributed by atoms with Crippen LogP contribution in [-0.4, -0.2) is 19.0 Å². The van der Waals surface area contributed by atoms with Crippen molar-refractivity contribution in [2.75, 3.05) is 13.1 Å². The van der Waals surface area contributed by atoms with Crippen molar-refractivity contribution < 1.29 is 4.39 Å². The highest BCUT2D eigenvalue weighted by atomic mass is 79.9. The third-order valence-electron chi connectivity index (χ3n) is 3.45. The van der Waals surface area contributed by atoms with Gasteiger partial charge in [0, 0.05) is 17.6 Å². The first-order chi connectivity index (χ1) is 9.15. The Morgan fingerprint density at radius 3 is 2.95 bits per heavy atom. The van der Waals surface area contributed by atoms with Crippen LogP contribution >= 0.6 is 15.9 Å². The van der Waals surface area contributed by atoms with Gasteiger partial charge >= 0.3 is 0 Å². The monoisotopic (exact) mass is 327 g/mol. The van der Waals surface area contributed by atoms with Crippen LogP contribution in [0.4, 0.5) is 4.39 Å². The van der Waals surface area contributed by atoms with E-state index in [4.69, 9.17) is 5.73 Å². The largest absolute Gasteiger partial charge is 0.370 e. The van der Waals surface area contributed by atoms with Crippen LogP contribution < -0.4 is 11.1 Å². The van der Waals surface area contributed by atoms with Crippen molar-refractivity contribution in [3.05, 3.63) is 34.1 Å². The predicted octanol–water partition coefficient (Wildman–Crippen LogP) is 2.84. The van der Waals surface area contributed by atoms with Crippen LogP contribution in [0.5, 0.6) is 0 Å². The molecular formula is C14H19BrFN3. The van der Waals surface area contributed by atoms with Gasteiger partial charge in [-0.15, -0.1) is 0 Å². The van der Waals surface area contributed by atoms with Gasteiger partial charge in [-0.3, -0.25) is 4.99 Å². The zero-order valence-corrected chi connectivity index (χ0v) is 12.4. The lowest BCUT2D eigenvalue weighted by molar-refractivity contribution is 0.326.